The van der Waals surface area contributed by atoms with Crippen molar-refractivity contribution in [2.24, 2.45) is 0 Å². The molecular formula is C11H18O5. The van der Waals surface area contributed by atoms with Gasteiger partial charge in [-0.25, -0.2) is 9.59 Å². The number of esters is 1. The number of methoxy groups -OCH3 is 1. The average molecular weight is 230 g/mol. The quantitative estimate of drug-likeness (QED) is 0.561. The third kappa shape index (κ3) is 10.5. The van der Waals surface area contributed by atoms with Gasteiger partial charge in [-0.15, -0.1) is 0 Å². The molecule has 0 rings (SSSR count). The van der Waals surface area contributed by atoms with Crippen LogP contribution in [0.1, 0.15) is 20.8 Å². The molecule has 0 bridgehead atoms. The molecule has 0 saturated carbocycles. The Kier molecular flexibility index (Phi) is 9.10. The number of hydrogen-bond donors (Lipinski definition) is 2. The fourth-order valence-corrected chi connectivity index (χ4v) is 0.607. The Bertz CT molecular complexity index is 289. The highest BCUT2D eigenvalue weighted by atomic mass is 16.5. The number of hydrogen-bond acceptors (Lipinski definition) is 4. The first-order valence-corrected chi connectivity index (χ1v) is 4.56. The van der Waals surface area contributed by atoms with E-state index in [9.17, 15) is 9.59 Å². The number of aliphatic hydroxyl groups excluding tert-OH is 1. The van der Waals surface area contributed by atoms with Crippen molar-refractivity contribution in [3.63, 3.8) is 0 Å². The molecule has 1 atom stereocenters. The minimum atomic E-state index is -0.990. The number of rotatable bonds is 3. The van der Waals surface area contributed by atoms with Crippen LogP contribution in [0.5, 0.6) is 0 Å². The Balaban J connectivity index is 0. The summed E-state index contributed by atoms with van der Waals surface area (Å²) in [6, 6.07) is 0. The molecule has 0 aliphatic rings. The van der Waals surface area contributed by atoms with Crippen molar-refractivity contribution in [3.05, 3.63) is 23.8 Å². The molecule has 0 aromatic heterocycles. The lowest BCUT2D eigenvalue weighted by molar-refractivity contribution is -0.136. The number of carboxylic acids is 1. The van der Waals surface area contributed by atoms with Crippen molar-refractivity contribution in [3.8, 4) is 0 Å². The lowest BCUT2D eigenvalue weighted by Crippen LogP contribution is -2.01. The number of aliphatic carboxylic acids is 1. The predicted molar refractivity (Wildman–Crippen MR) is 59.9 cm³/mol. The van der Waals surface area contributed by atoms with Crippen LogP contribution in [0, 0.1) is 0 Å². The van der Waals surface area contributed by atoms with Crippen LogP contribution >= 0.6 is 0 Å². The zero-order valence-electron chi connectivity index (χ0n) is 9.98. The number of carbonyl (C=O) groups is 2. The zero-order chi connectivity index (χ0) is 13.3. The summed E-state index contributed by atoms with van der Waals surface area (Å²) >= 11 is 0. The van der Waals surface area contributed by atoms with Gasteiger partial charge in [0, 0.05) is 11.1 Å². The molecular weight excluding hydrogens is 212 g/mol. The van der Waals surface area contributed by atoms with Gasteiger partial charge in [0.05, 0.1) is 13.2 Å². The highest BCUT2D eigenvalue weighted by Crippen LogP contribution is 1.94. The molecule has 0 spiro atoms. The van der Waals surface area contributed by atoms with Gasteiger partial charge in [-0.2, -0.15) is 0 Å². The molecule has 0 amide bonds. The van der Waals surface area contributed by atoms with Crippen LogP contribution < -0.4 is 0 Å². The van der Waals surface area contributed by atoms with Gasteiger partial charge >= 0.3 is 11.9 Å². The Hall–Kier alpha value is -1.62. The second-order valence-electron chi connectivity index (χ2n) is 3.17. The molecule has 0 aliphatic heterocycles. The molecule has 0 radical (unpaired) electrons. The standard InChI is InChI=1S/C6H10O3.C5H8O2/c1-4(6(8)9)3-5(2)7;1-4(2)5(6)7-3/h3,5,7H,1-2H3,(H,8,9);1H2,2-3H3. The van der Waals surface area contributed by atoms with Crippen molar-refractivity contribution in [2.45, 2.75) is 26.9 Å². The molecule has 0 saturated heterocycles. The van der Waals surface area contributed by atoms with Crippen molar-refractivity contribution in [1.29, 1.82) is 0 Å². The topological polar surface area (TPSA) is 83.8 Å². The molecule has 1 unspecified atom stereocenters. The van der Waals surface area contributed by atoms with Crippen molar-refractivity contribution in [2.75, 3.05) is 7.11 Å². The van der Waals surface area contributed by atoms with E-state index in [1.54, 1.807) is 6.92 Å². The smallest absolute Gasteiger partial charge is 0.332 e. The minimum absolute atomic E-state index is 0.171. The Morgan fingerprint density at radius 2 is 1.81 bits per heavy atom. The van der Waals surface area contributed by atoms with Crippen molar-refractivity contribution in [1.82, 2.24) is 0 Å². The second-order valence-corrected chi connectivity index (χ2v) is 3.17. The predicted octanol–water partition coefficient (Wildman–Crippen LogP) is 1.13. The first-order valence-electron chi connectivity index (χ1n) is 4.56. The molecule has 2 N–H and O–H groups in total. The van der Waals surface area contributed by atoms with E-state index >= 15 is 0 Å². The molecule has 0 aromatic carbocycles. The van der Waals surface area contributed by atoms with Gasteiger partial charge in [0.25, 0.3) is 0 Å². The summed E-state index contributed by atoms with van der Waals surface area (Å²) in [5.74, 6) is -1.34. The van der Waals surface area contributed by atoms with Crippen molar-refractivity contribution < 1.29 is 24.5 Å². The maximum Gasteiger partial charge on any atom is 0.332 e. The van der Waals surface area contributed by atoms with Gasteiger partial charge in [-0.05, 0) is 26.8 Å². The Morgan fingerprint density at radius 1 is 1.38 bits per heavy atom. The Morgan fingerprint density at radius 3 is 1.88 bits per heavy atom. The van der Waals surface area contributed by atoms with E-state index in [2.05, 4.69) is 11.3 Å². The molecule has 0 aromatic rings. The summed E-state index contributed by atoms with van der Waals surface area (Å²) in [6.07, 6.45) is 0.601. The maximum absolute atomic E-state index is 10.2. The lowest BCUT2D eigenvalue weighted by atomic mass is 10.2. The fraction of sp³-hybridized carbons (Fsp3) is 0.455. The van der Waals surface area contributed by atoms with E-state index < -0.39 is 12.1 Å². The van der Waals surface area contributed by atoms with Gasteiger partial charge in [0.15, 0.2) is 0 Å². The first kappa shape index (κ1) is 16.8. The van der Waals surface area contributed by atoms with E-state index in [1.807, 2.05) is 0 Å². The number of carbonyl (C=O) groups excluding carboxylic acids is 1. The van der Waals surface area contributed by atoms with Gasteiger partial charge in [0.1, 0.15) is 0 Å². The van der Waals surface area contributed by atoms with Crippen LogP contribution in [0.3, 0.4) is 0 Å². The SMILES string of the molecule is C=C(C)C(=O)OC.CC(=CC(C)O)C(=O)O. The van der Waals surface area contributed by atoms with E-state index in [0.717, 1.165) is 0 Å². The van der Waals surface area contributed by atoms with E-state index in [-0.39, 0.29) is 11.5 Å². The van der Waals surface area contributed by atoms with Gasteiger partial charge in [-0.1, -0.05) is 6.58 Å². The van der Waals surface area contributed by atoms with Gasteiger partial charge in [-0.3, -0.25) is 0 Å². The summed E-state index contributed by atoms with van der Waals surface area (Å²) in [5.41, 5.74) is 0.604. The molecule has 92 valence electrons. The summed E-state index contributed by atoms with van der Waals surface area (Å²) in [6.45, 7) is 7.90. The monoisotopic (exact) mass is 230 g/mol. The van der Waals surface area contributed by atoms with Crippen LogP contribution in [0.25, 0.3) is 0 Å². The number of aliphatic hydroxyl groups is 1. The zero-order valence-corrected chi connectivity index (χ0v) is 9.98. The first-order chi connectivity index (χ1) is 7.22. The van der Waals surface area contributed by atoms with Gasteiger partial charge < -0.3 is 14.9 Å². The van der Waals surface area contributed by atoms with Crippen molar-refractivity contribution >= 4 is 11.9 Å². The van der Waals surface area contributed by atoms with Crippen LogP contribution in [-0.2, 0) is 14.3 Å². The summed E-state index contributed by atoms with van der Waals surface area (Å²) < 4.78 is 4.27. The summed E-state index contributed by atoms with van der Waals surface area (Å²) in [5, 5.41) is 16.9. The largest absolute Gasteiger partial charge is 0.478 e. The second kappa shape index (κ2) is 8.67. The molecule has 0 fully saturated rings. The molecule has 0 heterocycles. The third-order valence-electron chi connectivity index (χ3n) is 1.36. The maximum atomic E-state index is 10.2. The number of ether oxygens (including phenoxy) is 1. The lowest BCUT2D eigenvalue weighted by Gasteiger charge is -1.95. The van der Waals surface area contributed by atoms with E-state index in [1.165, 1.54) is 27.0 Å². The third-order valence-corrected chi connectivity index (χ3v) is 1.36. The number of carboxylic acid groups (broad SMARTS) is 1. The fourth-order valence-electron chi connectivity index (χ4n) is 0.607. The Labute approximate surface area is 95.0 Å². The molecule has 5 heteroatoms. The van der Waals surface area contributed by atoms with Gasteiger partial charge in [0.2, 0.25) is 0 Å². The highest BCUT2D eigenvalue weighted by Gasteiger charge is 1.99. The van der Waals surface area contributed by atoms with E-state index in [0.29, 0.717) is 5.57 Å². The molecule has 5 nitrogen and oxygen atoms in total. The van der Waals surface area contributed by atoms with Crippen LogP contribution in [0.2, 0.25) is 0 Å². The molecule has 16 heavy (non-hydrogen) atoms. The van der Waals surface area contributed by atoms with Crippen LogP contribution in [0.4, 0.5) is 0 Å². The summed E-state index contributed by atoms with van der Waals surface area (Å²) in [7, 11) is 1.33. The highest BCUT2D eigenvalue weighted by molar-refractivity contribution is 5.86. The van der Waals surface area contributed by atoms with Crippen LogP contribution in [0.15, 0.2) is 23.8 Å². The summed E-state index contributed by atoms with van der Waals surface area (Å²) in [4.78, 5) is 20.2. The van der Waals surface area contributed by atoms with E-state index in [4.69, 9.17) is 10.2 Å². The average Bonchev–Trinajstić information content (AvgIpc) is 2.16. The minimum Gasteiger partial charge on any atom is -0.478 e. The normalized spacial score (nSPS) is 11.9. The van der Waals surface area contributed by atoms with Crippen LogP contribution in [-0.4, -0.2) is 35.4 Å². The molecule has 0 aliphatic carbocycles.